The second-order valence-electron chi connectivity index (χ2n) is 5.58. The van der Waals surface area contributed by atoms with Gasteiger partial charge >= 0.3 is 0 Å². The molecule has 0 bridgehead atoms. The van der Waals surface area contributed by atoms with Crippen LogP contribution >= 0.6 is 0 Å². The molecule has 0 aliphatic heterocycles. The fourth-order valence-electron chi connectivity index (χ4n) is 2.07. The van der Waals surface area contributed by atoms with Crippen LogP contribution in [0.5, 0.6) is 0 Å². The third-order valence-electron chi connectivity index (χ3n) is 3.25. The summed E-state index contributed by atoms with van der Waals surface area (Å²) in [6.07, 6.45) is 5.79. The number of nitrogens with two attached hydrogens (primary N) is 1. The summed E-state index contributed by atoms with van der Waals surface area (Å²) >= 11 is 0. The maximum Gasteiger partial charge on any atom is 0.253 e. The quantitative estimate of drug-likeness (QED) is 0.563. The van der Waals surface area contributed by atoms with E-state index in [1.54, 1.807) is 0 Å². The average molecular weight is 280 g/mol. The molecule has 0 aromatic heterocycles. The van der Waals surface area contributed by atoms with Crippen LogP contribution in [0, 0.1) is 11.7 Å². The Morgan fingerprint density at radius 1 is 1.25 bits per heavy atom. The van der Waals surface area contributed by atoms with Crippen molar-refractivity contribution in [1.82, 2.24) is 5.32 Å². The van der Waals surface area contributed by atoms with E-state index in [0.717, 1.165) is 18.8 Å². The van der Waals surface area contributed by atoms with Gasteiger partial charge in [-0.3, -0.25) is 4.79 Å². The predicted molar refractivity (Wildman–Crippen MR) is 81.1 cm³/mol. The second-order valence-corrected chi connectivity index (χ2v) is 5.58. The van der Waals surface area contributed by atoms with Crippen molar-refractivity contribution in [2.45, 2.75) is 46.0 Å². The lowest BCUT2D eigenvalue weighted by molar-refractivity contribution is 0.0954. The molecule has 1 rings (SSSR count). The first-order valence-electron chi connectivity index (χ1n) is 7.34. The molecule has 1 aromatic rings. The molecule has 1 amide bonds. The van der Waals surface area contributed by atoms with Gasteiger partial charge in [-0.15, -0.1) is 0 Å². The summed E-state index contributed by atoms with van der Waals surface area (Å²) in [4.78, 5) is 11.8. The Hall–Kier alpha value is -1.58. The van der Waals surface area contributed by atoms with Crippen LogP contribution < -0.4 is 11.1 Å². The highest BCUT2D eigenvalue weighted by molar-refractivity contribution is 5.99. The van der Waals surface area contributed by atoms with Crippen LogP contribution in [-0.2, 0) is 0 Å². The Balaban J connectivity index is 2.20. The van der Waals surface area contributed by atoms with E-state index in [9.17, 15) is 9.18 Å². The molecule has 3 N–H and O–H groups in total. The topological polar surface area (TPSA) is 55.1 Å². The normalized spacial score (nSPS) is 10.8. The Labute approximate surface area is 120 Å². The number of hydrogen-bond acceptors (Lipinski definition) is 2. The van der Waals surface area contributed by atoms with Crippen LogP contribution in [0.25, 0.3) is 0 Å². The lowest BCUT2D eigenvalue weighted by Crippen LogP contribution is -2.25. The molecule has 0 saturated heterocycles. The van der Waals surface area contributed by atoms with E-state index in [-0.39, 0.29) is 11.6 Å². The second kappa shape index (κ2) is 8.56. The van der Waals surface area contributed by atoms with Gasteiger partial charge in [0.2, 0.25) is 0 Å². The standard InChI is InChI=1S/C16H25FN2O/c1-12(2)7-5-3-4-6-10-19-16(20)14-9-8-13(17)11-15(14)18/h8-9,11-12H,3-7,10,18H2,1-2H3,(H,19,20). The van der Waals surface area contributed by atoms with Crippen molar-refractivity contribution < 1.29 is 9.18 Å². The first-order valence-corrected chi connectivity index (χ1v) is 7.34. The summed E-state index contributed by atoms with van der Waals surface area (Å²) in [5.41, 5.74) is 6.14. The maximum absolute atomic E-state index is 12.9. The van der Waals surface area contributed by atoms with Gasteiger partial charge in [0.15, 0.2) is 0 Å². The first kappa shape index (κ1) is 16.5. The molecule has 0 saturated carbocycles. The molecule has 0 atom stereocenters. The van der Waals surface area contributed by atoms with Crippen LogP contribution in [0.1, 0.15) is 56.3 Å². The number of carbonyl (C=O) groups is 1. The van der Waals surface area contributed by atoms with E-state index in [0.29, 0.717) is 12.1 Å². The van der Waals surface area contributed by atoms with E-state index in [1.807, 2.05) is 0 Å². The maximum atomic E-state index is 12.9. The first-order chi connectivity index (χ1) is 9.50. The molecule has 0 spiro atoms. The van der Waals surface area contributed by atoms with Gasteiger partial charge in [-0.1, -0.05) is 39.5 Å². The number of hydrogen-bond donors (Lipinski definition) is 2. The molecule has 0 heterocycles. The van der Waals surface area contributed by atoms with Crippen molar-refractivity contribution in [3.8, 4) is 0 Å². The van der Waals surface area contributed by atoms with Gasteiger partial charge in [0.1, 0.15) is 5.82 Å². The lowest BCUT2D eigenvalue weighted by atomic mass is 10.0. The number of nitrogen functional groups attached to an aromatic ring is 1. The summed E-state index contributed by atoms with van der Waals surface area (Å²) in [6, 6.07) is 3.83. The van der Waals surface area contributed by atoms with Crippen LogP contribution in [0.3, 0.4) is 0 Å². The van der Waals surface area contributed by atoms with Gasteiger partial charge in [-0.2, -0.15) is 0 Å². The fourth-order valence-corrected chi connectivity index (χ4v) is 2.07. The number of rotatable bonds is 8. The van der Waals surface area contributed by atoms with E-state index in [2.05, 4.69) is 19.2 Å². The highest BCUT2D eigenvalue weighted by Gasteiger charge is 2.09. The van der Waals surface area contributed by atoms with E-state index < -0.39 is 5.82 Å². The monoisotopic (exact) mass is 280 g/mol. The van der Waals surface area contributed by atoms with Gasteiger partial charge in [0, 0.05) is 12.2 Å². The number of carbonyl (C=O) groups excluding carboxylic acids is 1. The fraction of sp³-hybridized carbons (Fsp3) is 0.562. The van der Waals surface area contributed by atoms with E-state index in [4.69, 9.17) is 5.73 Å². The van der Waals surface area contributed by atoms with Gasteiger partial charge in [-0.05, 0) is 30.5 Å². The average Bonchev–Trinajstić information content (AvgIpc) is 2.37. The molecular weight excluding hydrogens is 255 g/mol. The molecule has 20 heavy (non-hydrogen) atoms. The number of unbranched alkanes of at least 4 members (excludes halogenated alkanes) is 3. The van der Waals surface area contributed by atoms with E-state index >= 15 is 0 Å². The minimum absolute atomic E-state index is 0.180. The predicted octanol–water partition coefficient (Wildman–Crippen LogP) is 3.74. The number of halogens is 1. The van der Waals surface area contributed by atoms with Gasteiger partial charge < -0.3 is 11.1 Å². The SMILES string of the molecule is CC(C)CCCCCCNC(=O)c1ccc(F)cc1N. The molecule has 3 nitrogen and oxygen atoms in total. The molecule has 112 valence electrons. The molecule has 0 unspecified atom stereocenters. The minimum Gasteiger partial charge on any atom is -0.398 e. The summed E-state index contributed by atoms with van der Waals surface area (Å²) in [5.74, 6) is 0.102. The van der Waals surface area contributed by atoms with Crippen molar-refractivity contribution in [3.63, 3.8) is 0 Å². The zero-order valence-corrected chi connectivity index (χ0v) is 12.4. The Morgan fingerprint density at radius 3 is 2.60 bits per heavy atom. The molecule has 0 aliphatic rings. The van der Waals surface area contributed by atoms with Crippen LogP contribution in [0.4, 0.5) is 10.1 Å². The third kappa shape index (κ3) is 6.04. The molecular formula is C16H25FN2O. The van der Waals surface area contributed by atoms with Gasteiger partial charge in [0.05, 0.1) is 5.56 Å². The zero-order valence-electron chi connectivity index (χ0n) is 12.4. The van der Waals surface area contributed by atoms with Crippen molar-refractivity contribution in [3.05, 3.63) is 29.6 Å². The number of nitrogens with one attached hydrogen (secondary N) is 1. The van der Waals surface area contributed by atoms with Crippen molar-refractivity contribution >= 4 is 11.6 Å². The lowest BCUT2D eigenvalue weighted by Gasteiger charge is -2.08. The number of anilines is 1. The van der Waals surface area contributed by atoms with Crippen LogP contribution in [0.15, 0.2) is 18.2 Å². The summed E-state index contributed by atoms with van der Waals surface area (Å²) < 4.78 is 12.9. The third-order valence-corrected chi connectivity index (χ3v) is 3.25. The Bertz CT molecular complexity index is 432. The van der Waals surface area contributed by atoms with Crippen LogP contribution in [0.2, 0.25) is 0 Å². The molecule has 0 radical (unpaired) electrons. The van der Waals surface area contributed by atoms with Crippen molar-refractivity contribution in [1.29, 1.82) is 0 Å². The zero-order chi connectivity index (χ0) is 15.0. The molecule has 0 fully saturated rings. The van der Waals surface area contributed by atoms with E-state index in [1.165, 1.54) is 37.5 Å². The highest BCUT2D eigenvalue weighted by Crippen LogP contribution is 2.13. The van der Waals surface area contributed by atoms with Gasteiger partial charge in [-0.25, -0.2) is 4.39 Å². The molecule has 0 aliphatic carbocycles. The number of amides is 1. The van der Waals surface area contributed by atoms with Crippen molar-refractivity contribution in [2.24, 2.45) is 5.92 Å². The van der Waals surface area contributed by atoms with Crippen molar-refractivity contribution in [2.75, 3.05) is 12.3 Å². The van der Waals surface area contributed by atoms with Gasteiger partial charge in [0.25, 0.3) is 5.91 Å². The molecule has 4 heteroatoms. The minimum atomic E-state index is -0.427. The smallest absolute Gasteiger partial charge is 0.253 e. The summed E-state index contributed by atoms with van der Waals surface area (Å²) in [5, 5.41) is 2.82. The summed E-state index contributed by atoms with van der Waals surface area (Å²) in [6.45, 7) is 5.10. The van der Waals surface area contributed by atoms with Crippen LogP contribution in [-0.4, -0.2) is 12.5 Å². The number of benzene rings is 1. The summed E-state index contributed by atoms with van der Waals surface area (Å²) in [7, 11) is 0. The Morgan fingerprint density at radius 2 is 1.95 bits per heavy atom. The highest BCUT2D eigenvalue weighted by atomic mass is 19.1. The Kier molecular flexibility index (Phi) is 7.05. The molecule has 1 aromatic carbocycles. The largest absolute Gasteiger partial charge is 0.398 e.